The summed E-state index contributed by atoms with van der Waals surface area (Å²) >= 11 is 5.83. The van der Waals surface area contributed by atoms with Crippen molar-refractivity contribution in [2.45, 2.75) is 25.4 Å². The van der Waals surface area contributed by atoms with Crippen molar-refractivity contribution in [1.82, 2.24) is 19.9 Å². The summed E-state index contributed by atoms with van der Waals surface area (Å²) in [5, 5.41) is 4.22. The predicted molar refractivity (Wildman–Crippen MR) is 127 cm³/mol. The molecule has 4 aromatic rings. The van der Waals surface area contributed by atoms with Crippen molar-refractivity contribution in [2.24, 2.45) is 0 Å². The highest BCUT2D eigenvalue weighted by Crippen LogP contribution is 2.42. The van der Waals surface area contributed by atoms with Crippen molar-refractivity contribution in [3.63, 3.8) is 0 Å². The lowest BCUT2D eigenvalue weighted by atomic mass is 10.0. The van der Waals surface area contributed by atoms with Gasteiger partial charge in [-0.25, -0.2) is 4.98 Å². The van der Waals surface area contributed by atoms with Gasteiger partial charge in [0.1, 0.15) is 11.9 Å². The zero-order valence-corrected chi connectivity index (χ0v) is 18.0. The van der Waals surface area contributed by atoms with E-state index in [0.717, 1.165) is 29.3 Å². The molecular weight excluding hydrogens is 402 g/mol. The van der Waals surface area contributed by atoms with E-state index in [9.17, 15) is 0 Å². The average Bonchev–Trinajstić information content (AvgIpc) is 3.44. The van der Waals surface area contributed by atoms with Crippen LogP contribution in [0.25, 0.3) is 5.82 Å². The molecule has 0 bridgehead atoms. The number of benzene rings is 1. The van der Waals surface area contributed by atoms with E-state index in [-0.39, 0.29) is 12.1 Å². The van der Waals surface area contributed by atoms with Gasteiger partial charge in [0.05, 0.1) is 11.7 Å². The zero-order valence-electron chi connectivity index (χ0n) is 17.2. The summed E-state index contributed by atoms with van der Waals surface area (Å²) in [7, 11) is 0. The van der Waals surface area contributed by atoms with Crippen LogP contribution in [0.15, 0.2) is 91.4 Å². The Bertz CT molecular complexity index is 1170. The maximum Gasteiger partial charge on any atom is 0.174 e. The second-order valence-electron chi connectivity index (χ2n) is 7.51. The molecule has 0 spiro atoms. The summed E-state index contributed by atoms with van der Waals surface area (Å²) in [6.45, 7) is 2.16. The van der Waals surface area contributed by atoms with Gasteiger partial charge in [-0.15, -0.1) is 0 Å². The third-order valence-electron chi connectivity index (χ3n) is 5.70. The first-order chi connectivity index (χ1) is 15.3. The van der Waals surface area contributed by atoms with E-state index < -0.39 is 0 Å². The molecule has 1 aliphatic heterocycles. The number of aryl methyl sites for hydroxylation is 1. The number of aromatic nitrogens is 3. The van der Waals surface area contributed by atoms with Gasteiger partial charge in [-0.05, 0) is 72.7 Å². The van der Waals surface area contributed by atoms with E-state index in [2.05, 4.69) is 68.1 Å². The monoisotopic (exact) mass is 425 g/mol. The number of anilines is 1. The lowest BCUT2D eigenvalue weighted by molar-refractivity contribution is 0.548. The smallest absolute Gasteiger partial charge is 0.174 e. The standard InChI is InChI=1S/C25H23N5S/c1-2-18-11-13-19(14-12-18)30-24(23(28-25(30)31)20-8-3-5-15-26-20)21-9-7-17-29(21)22-10-4-6-16-27-22/h3-17,23-24H,2H2,1H3,(H,28,31)/t23-,24+/m0/s1. The van der Waals surface area contributed by atoms with Gasteiger partial charge < -0.3 is 14.8 Å². The first-order valence-corrected chi connectivity index (χ1v) is 10.9. The molecule has 0 radical (unpaired) electrons. The maximum absolute atomic E-state index is 5.83. The SMILES string of the molecule is CCc1ccc(N2C(=S)N[C@@H](c3ccccn3)[C@H]2c2cccn2-c2ccccn2)cc1. The van der Waals surface area contributed by atoms with Crippen LogP contribution >= 0.6 is 12.2 Å². The van der Waals surface area contributed by atoms with Crippen LogP contribution < -0.4 is 10.2 Å². The van der Waals surface area contributed by atoms with Gasteiger partial charge in [0.25, 0.3) is 0 Å². The van der Waals surface area contributed by atoms with Gasteiger partial charge in [-0.3, -0.25) is 4.98 Å². The number of thiocarbonyl (C=S) groups is 1. The zero-order chi connectivity index (χ0) is 21.2. The van der Waals surface area contributed by atoms with Crippen molar-refractivity contribution < 1.29 is 0 Å². The van der Waals surface area contributed by atoms with Crippen molar-refractivity contribution in [1.29, 1.82) is 0 Å². The fourth-order valence-electron chi connectivity index (χ4n) is 4.17. The summed E-state index contributed by atoms with van der Waals surface area (Å²) in [6.07, 6.45) is 6.69. The molecule has 1 saturated heterocycles. The van der Waals surface area contributed by atoms with Crippen LogP contribution in [-0.2, 0) is 6.42 Å². The van der Waals surface area contributed by atoms with Crippen LogP contribution in [0, 0.1) is 0 Å². The molecule has 5 rings (SSSR count). The minimum Gasteiger partial charge on any atom is -0.351 e. The Labute approximate surface area is 187 Å². The number of nitrogens with one attached hydrogen (secondary N) is 1. The summed E-state index contributed by atoms with van der Waals surface area (Å²) < 4.78 is 2.13. The van der Waals surface area contributed by atoms with E-state index in [4.69, 9.17) is 12.2 Å². The molecular formula is C25H23N5S. The van der Waals surface area contributed by atoms with Crippen LogP contribution in [0.4, 0.5) is 5.69 Å². The Morgan fingerprint density at radius 1 is 0.903 bits per heavy atom. The van der Waals surface area contributed by atoms with Gasteiger partial charge in [0, 0.05) is 30.0 Å². The lowest BCUT2D eigenvalue weighted by Crippen LogP contribution is -2.30. The Morgan fingerprint density at radius 3 is 2.35 bits per heavy atom. The highest BCUT2D eigenvalue weighted by molar-refractivity contribution is 7.80. The topological polar surface area (TPSA) is 46.0 Å². The van der Waals surface area contributed by atoms with Crippen LogP contribution in [-0.4, -0.2) is 19.6 Å². The van der Waals surface area contributed by atoms with E-state index in [1.54, 1.807) is 0 Å². The van der Waals surface area contributed by atoms with Crippen LogP contribution in [0.1, 0.15) is 36.0 Å². The number of rotatable bonds is 5. The van der Waals surface area contributed by atoms with Gasteiger partial charge in [0.2, 0.25) is 0 Å². The van der Waals surface area contributed by atoms with Crippen molar-refractivity contribution in [2.75, 3.05) is 4.90 Å². The predicted octanol–water partition coefficient (Wildman–Crippen LogP) is 5.01. The first-order valence-electron chi connectivity index (χ1n) is 10.4. The minimum absolute atomic E-state index is 0.0770. The van der Waals surface area contributed by atoms with E-state index in [1.165, 1.54) is 5.56 Å². The van der Waals surface area contributed by atoms with Crippen LogP contribution in [0.3, 0.4) is 0 Å². The molecule has 1 aromatic carbocycles. The summed E-state index contributed by atoms with van der Waals surface area (Å²) in [5.74, 6) is 0.876. The Balaban J connectivity index is 1.65. The molecule has 0 aliphatic carbocycles. The highest BCUT2D eigenvalue weighted by atomic mass is 32.1. The molecule has 2 atom stereocenters. The number of hydrogen-bond donors (Lipinski definition) is 1. The Morgan fingerprint density at radius 2 is 1.68 bits per heavy atom. The minimum atomic E-state index is -0.0862. The van der Waals surface area contributed by atoms with E-state index in [0.29, 0.717) is 5.11 Å². The maximum atomic E-state index is 5.83. The van der Waals surface area contributed by atoms with Gasteiger partial charge in [0.15, 0.2) is 5.11 Å². The van der Waals surface area contributed by atoms with Crippen molar-refractivity contribution in [3.8, 4) is 5.82 Å². The number of pyridine rings is 2. The second kappa shape index (κ2) is 8.32. The molecule has 4 heterocycles. The Kier molecular flexibility index (Phi) is 5.22. The van der Waals surface area contributed by atoms with Crippen LogP contribution in [0.5, 0.6) is 0 Å². The molecule has 6 heteroatoms. The molecule has 0 saturated carbocycles. The largest absolute Gasteiger partial charge is 0.351 e. The third-order valence-corrected chi connectivity index (χ3v) is 6.01. The Hall–Kier alpha value is -3.51. The fraction of sp³-hybridized carbons (Fsp3) is 0.160. The second-order valence-corrected chi connectivity index (χ2v) is 7.89. The van der Waals surface area contributed by atoms with Crippen LogP contribution in [0.2, 0.25) is 0 Å². The quantitative estimate of drug-likeness (QED) is 0.456. The molecule has 0 unspecified atom stereocenters. The third kappa shape index (κ3) is 3.59. The molecule has 154 valence electrons. The van der Waals surface area contributed by atoms with Gasteiger partial charge >= 0.3 is 0 Å². The molecule has 1 fully saturated rings. The average molecular weight is 426 g/mol. The summed E-state index contributed by atoms with van der Waals surface area (Å²) in [4.78, 5) is 11.4. The summed E-state index contributed by atoms with van der Waals surface area (Å²) in [5.41, 5.74) is 4.42. The van der Waals surface area contributed by atoms with Gasteiger partial charge in [-0.2, -0.15) is 0 Å². The molecule has 3 aromatic heterocycles. The first kappa shape index (κ1) is 19.5. The highest BCUT2D eigenvalue weighted by Gasteiger charge is 2.42. The molecule has 1 aliphatic rings. The molecule has 5 nitrogen and oxygen atoms in total. The van der Waals surface area contributed by atoms with Gasteiger partial charge in [-0.1, -0.05) is 31.2 Å². The van der Waals surface area contributed by atoms with E-state index >= 15 is 0 Å². The van der Waals surface area contributed by atoms with Crippen molar-refractivity contribution in [3.05, 3.63) is 108 Å². The molecule has 1 N–H and O–H groups in total. The number of hydrogen-bond acceptors (Lipinski definition) is 3. The molecule has 31 heavy (non-hydrogen) atoms. The fourth-order valence-corrected chi connectivity index (χ4v) is 4.51. The summed E-state index contributed by atoms with van der Waals surface area (Å²) in [6, 6.07) is 24.6. The van der Waals surface area contributed by atoms with Crippen molar-refractivity contribution >= 4 is 23.0 Å². The lowest BCUT2D eigenvalue weighted by Gasteiger charge is -2.29. The number of nitrogens with zero attached hydrogens (tertiary/aromatic N) is 4. The molecule has 0 amide bonds. The van der Waals surface area contributed by atoms with E-state index in [1.807, 2.05) is 55.0 Å². The normalized spacial score (nSPS) is 18.2.